The number of nitrogens with one attached hydrogen (secondary N) is 1. The third kappa shape index (κ3) is 1.97. The molecule has 0 radical (unpaired) electrons. The summed E-state index contributed by atoms with van der Waals surface area (Å²) in [4.78, 5) is 26.6. The van der Waals surface area contributed by atoms with Crippen molar-refractivity contribution in [1.82, 2.24) is 4.98 Å². The van der Waals surface area contributed by atoms with E-state index in [9.17, 15) is 9.59 Å². The first kappa shape index (κ1) is 10.8. The molecule has 0 amide bonds. The molecule has 0 aromatic carbocycles. The topological polar surface area (TPSA) is 49.9 Å². The van der Waals surface area contributed by atoms with E-state index < -0.39 is 0 Å². The van der Waals surface area contributed by atoms with E-state index in [1.54, 1.807) is 12.1 Å². The van der Waals surface area contributed by atoms with E-state index in [0.29, 0.717) is 22.6 Å². The maximum Gasteiger partial charge on any atom is 0.248 e. The maximum absolute atomic E-state index is 12.1. The van der Waals surface area contributed by atoms with Crippen LogP contribution in [0.2, 0.25) is 0 Å². The zero-order chi connectivity index (χ0) is 11.5. The Balaban J connectivity index is 2.48. The molecule has 0 aliphatic carbocycles. The average Bonchev–Trinajstić information content (AvgIpc) is 2.81. The van der Waals surface area contributed by atoms with Crippen LogP contribution in [0, 0.1) is 0 Å². The molecule has 0 aliphatic rings. The second kappa shape index (κ2) is 4.45. The largest absolute Gasteiger partial charge is 0.325 e. The monoisotopic (exact) mass is 233 g/mol. The molecule has 3 nitrogen and oxygen atoms in total. The molecule has 0 aliphatic heterocycles. The summed E-state index contributed by atoms with van der Waals surface area (Å²) in [5.74, 6) is -0.0249. The van der Waals surface area contributed by atoms with Gasteiger partial charge >= 0.3 is 0 Å². The van der Waals surface area contributed by atoms with Crippen LogP contribution in [0.1, 0.15) is 27.9 Å². The van der Waals surface area contributed by atoms with Crippen molar-refractivity contribution >= 4 is 17.1 Å². The lowest BCUT2D eigenvalue weighted by molar-refractivity contribution is 0.104. The molecule has 2 heterocycles. The standard InChI is InChI=1S/C12H11NO2S/c1-2-9-8(5-6-11(14)13-9)12(15)10-4-3-7-16-10/h3-7H,2H2,1H3,(H,13,14). The number of pyridine rings is 1. The number of hydrogen-bond donors (Lipinski definition) is 1. The summed E-state index contributed by atoms with van der Waals surface area (Å²) in [6.45, 7) is 1.91. The smallest absolute Gasteiger partial charge is 0.248 e. The lowest BCUT2D eigenvalue weighted by Crippen LogP contribution is -2.13. The zero-order valence-corrected chi connectivity index (χ0v) is 9.64. The summed E-state index contributed by atoms with van der Waals surface area (Å²) in [7, 11) is 0. The Labute approximate surface area is 96.8 Å². The highest BCUT2D eigenvalue weighted by molar-refractivity contribution is 7.12. The second-order valence-corrected chi connectivity index (χ2v) is 4.32. The quantitative estimate of drug-likeness (QED) is 0.826. The molecule has 0 atom stereocenters. The summed E-state index contributed by atoms with van der Waals surface area (Å²) in [5.41, 5.74) is 1.12. The number of rotatable bonds is 3. The Morgan fingerprint density at radius 3 is 2.81 bits per heavy atom. The Kier molecular flexibility index (Phi) is 3.01. The highest BCUT2D eigenvalue weighted by Gasteiger charge is 2.13. The zero-order valence-electron chi connectivity index (χ0n) is 8.82. The fraction of sp³-hybridized carbons (Fsp3) is 0.167. The van der Waals surface area contributed by atoms with Gasteiger partial charge in [-0.15, -0.1) is 11.3 Å². The van der Waals surface area contributed by atoms with Gasteiger partial charge in [0.15, 0.2) is 0 Å². The molecule has 1 N–H and O–H groups in total. The van der Waals surface area contributed by atoms with Crippen LogP contribution in [0.15, 0.2) is 34.4 Å². The number of aromatic nitrogens is 1. The van der Waals surface area contributed by atoms with Gasteiger partial charge in [0, 0.05) is 17.3 Å². The number of aromatic amines is 1. The summed E-state index contributed by atoms with van der Waals surface area (Å²) < 4.78 is 0. The van der Waals surface area contributed by atoms with Crippen LogP contribution in [-0.4, -0.2) is 10.8 Å². The van der Waals surface area contributed by atoms with E-state index in [4.69, 9.17) is 0 Å². The first-order valence-corrected chi connectivity index (χ1v) is 5.90. The van der Waals surface area contributed by atoms with Crippen molar-refractivity contribution in [2.24, 2.45) is 0 Å². The Morgan fingerprint density at radius 1 is 1.38 bits per heavy atom. The van der Waals surface area contributed by atoms with Gasteiger partial charge in [0.1, 0.15) is 0 Å². The third-order valence-electron chi connectivity index (χ3n) is 2.34. The van der Waals surface area contributed by atoms with Crippen LogP contribution in [0.3, 0.4) is 0 Å². The molecule has 82 valence electrons. The van der Waals surface area contributed by atoms with E-state index >= 15 is 0 Å². The second-order valence-electron chi connectivity index (χ2n) is 3.37. The van der Waals surface area contributed by atoms with Crippen molar-refractivity contribution in [3.05, 3.63) is 56.1 Å². The molecule has 0 fully saturated rings. The molecule has 4 heteroatoms. The minimum Gasteiger partial charge on any atom is -0.325 e. The number of carbonyl (C=O) groups excluding carboxylic acids is 1. The molecule has 16 heavy (non-hydrogen) atoms. The highest BCUT2D eigenvalue weighted by atomic mass is 32.1. The molecule has 0 spiro atoms. The molecular weight excluding hydrogens is 222 g/mol. The summed E-state index contributed by atoms with van der Waals surface area (Å²) >= 11 is 1.41. The highest BCUT2D eigenvalue weighted by Crippen LogP contribution is 2.16. The molecule has 0 saturated heterocycles. The van der Waals surface area contributed by atoms with Gasteiger partial charge in [-0.05, 0) is 23.9 Å². The lowest BCUT2D eigenvalue weighted by atomic mass is 10.1. The van der Waals surface area contributed by atoms with Crippen molar-refractivity contribution in [3.8, 4) is 0 Å². The van der Waals surface area contributed by atoms with Crippen molar-refractivity contribution < 1.29 is 4.79 Å². The summed E-state index contributed by atoms with van der Waals surface area (Å²) in [6.07, 6.45) is 0.641. The number of H-pyrrole nitrogens is 1. The van der Waals surface area contributed by atoms with Crippen molar-refractivity contribution in [3.63, 3.8) is 0 Å². The number of ketones is 1. The lowest BCUT2D eigenvalue weighted by Gasteiger charge is -2.04. The van der Waals surface area contributed by atoms with E-state index in [2.05, 4.69) is 4.98 Å². The van der Waals surface area contributed by atoms with Gasteiger partial charge in [0.25, 0.3) is 0 Å². The molecule has 0 unspecified atom stereocenters. The van der Waals surface area contributed by atoms with Gasteiger partial charge in [-0.1, -0.05) is 13.0 Å². The fourth-order valence-electron chi connectivity index (χ4n) is 1.55. The van der Waals surface area contributed by atoms with Gasteiger partial charge < -0.3 is 4.98 Å². The van der Waals surface area contributed by atoms with Gasteiger partial charge in [-0.25, -0.2) is 0 Å². The SMILES string of the molecule is CCc1[nH]c(=O)ccc1C(=O)c1cccs1. The first-order chi connectivity index (χ1) is 7.72. The normalized spacial score (nSPS) is 10.3. The van der Waals surface area contributed by atoms with E-state index in [-0.39, 0.29) is 11.3 Å². The van der Waals surface area contributed by atoms with Crippen LogP contribution in [0.5, 0.6) is 0 Å². The Morgan fingerprint density at radius 2 is 2.19 bits per heavy atom. The fourth-order valence-corrected chi connectivity index (χ4v) is 2.23. The predicted molar refractivity (Wildman–Crippen MR) is 64.2 cm³/mol. The van der Waals surface area contributed by atoms with Crippen molar-refractivity contribution in [2.45, 2.75) is 13.3 Å². The minimum atomic E-state index is -0.167. The molecule has 2 aromatic rings. The van der Waals surface area contributed by atoms with Crippen LogP contribution in [-0.2, 0) is 6.42 Å². The number of thiophene rings is 1. The van der Waals surface area contributed by atoms with Crippen LogP contribution < -0.4 is 5.56 Å². The number of carbonyl (C=O) groups is 1. The summed E-state index contributed by atoms with van der Waals surface area (Å²) in [5, 5.41) is 1.87. The first-order valence-electron chi connectivity index (χ1n) is 5.02. The van der Waals surface area contributed by atoms with Gasteiger partial charge in [-0.2, -0.15) is 0 Å². The molecule has 0 saturated carbocycles. The van der Waals surface area contributed by atoms with Crippen LogP contribution >= 0.6 is 11.3 Å². The molecule has 2 aromatic heterocycles. The van der Waals surface area contributed by atoms with E-state index in [1.807, 2.05) is 18.4 Å². The third-order valence-corrected chi connectivity index (χ3v) is 3.21. The van der Waals surface area contributed by atoms with Crippen LogP contribution in [0.25, 0.3) is 0 Å². The Bertz CT molecular complexity index is 555. The van der Waals surface area contributed by atoms with Gasteiger partial charge in [-0.3, -0.25) is 9.59 Å². The van der Waals surface area contributed by atoms with Crippen molar-refractivity contribution in [2.75, 3.05) is 0 Å². The number of hydrogen-bond acceptors (Lipinski definition) is 3. The maximum atomic E-state index is 12.1. The van der Waals surface area contributed by atoms with Crippen molar-refractivity contribution in [1.29, 1.82) is 0 Å². The predicted octanol–water partition coefficient (Wildman–Crippen LogP) is 2.23. The van der Waals surface area contributed by atoms with Gasteiger partial charge in [0.05, 0.1) is 4.88 Å². The number of aryl methyl sites for hydroxylation is 1. The van der Waals surface area contributed by atoms with Crippen LogP contribution in [0.4, 0.5) is 0 Å². The van der Waals surface area contributed by atoms with Gasteiger partial charge in [0.2, 0.25) is 11.3 Å². The van der Waals surface area contributed by atoms with E-state index in [0.717, 1.165) is 0 Å². The Hall–Kier alpha value is -1.68. The summed E-state index contributed by atoms with van der Waals surface area (Å²) in [6, 6.07) is 6.62. The minimum absolute atomic E-state index is 0.0249. The average molecular weight is 233 g/mol. The molecule has 2 rings (SSSR count). The van der Waals surface area contributed by atoms with E-state index in [1.165, 1.54) is 17.4 Å². The molecule has 0 bridgehead atoms. The molecular formula is C12H11NO2S.